The van der Waals surface area contributed by atoms with Gasteiger partial charge in [0.15, 0.2) is 5.71 Å². The second-order valence-electron chi connectivity index (χ2n) is 17.6. The first-order valence-corrected chi connectivity index (χ1v) is 27.1. The lowest BCUT2D eigenvalue weighted by atomic mass is 9.81. The van der Waals surface area contributed by atoms with Crippen molar-refractivity contribution in [3.63, 3.8) is 0 Å². The average Bonchev–Trinajstić information content (AvgIpc) is 3.57. The second-order valence-corrected chi connectivity index (χ2v) is 22.4. The number of ketones is 1. The first-order chi connectivity index (χ1) is 31.2. The zero-order valence-electron chi connectivity index (χ0n) is 38.0. The van der Waals surface area contributed by atoms with Gasteiger partial charge in [0.1, 0.15) is 34.0 Å². The Balaban J connectivity index is 0.00000202. The second kappa shape index (κ2) is 21.5. The van der Waals surface area contributed by atoms with Crippen molar-refractivity contribution in [3.8, 4) is 5.75 Å². The molecule has 3 aromatic carbocycles. The van der Waals surface area contributed by atoms with Gasteiger partial charge in [0, 0.05) is 53.9 Å². The van der Waals surface area contributed by atoms with Crippen LogP contribution in [0.4, 0.5) is 11.4 Å². The monoisotopic (exact) mass is 1000 g/mol. The van der Waals surface area contributed by atoms with E-state index in [2.05, 4.69) is 35.5 Å². The Hall–Kier alpha value is -5.09. The first-order valence-electron chi connectivity index (χ1n) is 21.6. The number of nitrogens with zero attached hydrogens (tertiary/aromatic N) is 2. The Labute approximate surface area is 394 Å². The third-order valence-electron chi connectivity index (χ3n) is 12.1. The topological polar surface area (TPSA) is 250 Å². The summed E-state index contributed by atoms with van der Waals surface area (Å²) in [6, 6.07) is 18.1. The van der Waals surface area contributed by atoms with E-state index in [1.165, 1.54) is 36.4 Å². The van der Waals surface area contributed by atoms with Gasteiger partial charge in [-0.05, 0) is 131 Å². The largest absolute Gasteiger partial charge is 0.744 e. The molecule has 362 valence electrons. The van der Waals surface area contributed by atoms with Gasteiger partial charge in [-0.1, -0.05) is 44.5 Å². The van der Waals surface area contributed by atoms with Gasteiger partial charge in [-0.2, -0.15) is 21.4 Å². The molecule has 1 aliphatic carbocycles. The minimum absolute atomic E-state index is 0.130. The number of unbranched alkanes of at least 4 members (excludes halogenated alkanes) is 3. The minimum Gasteiger partial charge on any atom is -0.744 e. The molecule has 3 aliphatic rings. The smallest absolute Gasteiger partial charge is 0.425 e. The standard InChI is InChI=1S/C47H56N2O11S3.O3S/c1-33(50)14-7-6-10-29-49-42-26-25-38(63(57,58)59)32-40(42)47(4,5)44(49)28-20-35-16-13-15-34(45(35)60-36-21-23-37(24-22-36)62(54,55)56)19-27-43-46(2,3)39-17-8-9-18-41(39)48(43)30-11-12-31-61(51,52)53;1-4(2)3/h8-9,17-28,32H,6-7,10-16,29-31H2,1-5H3,(H2-,51,52,53,54,55,56,57,58,59);. The number of fused-ring (bicyclic) bond motifs is 2. The van der Waals surface area contributed by atoms with Crippen LogP contribution in [-0.2, 0) is 56.6 Å². The summed E-state index contributed by atoms with van der Waals surface area (Å²) < 4.78 is 136. The number of carbonyl (C=O) groups is 1. The highest BCUT2D eigenvalue weighted by molar-refractivity contribution is 7.86. The fourth-order valence-electron chi connectivity index (χ4n) is 8.82. The third-order valence-corrected chi connectivity index (χ3v) is 14.6. The van der Waals surface area contributed by atoms with E-state index in [1.807, 2.05) is 50.3 Å². The number of hydrogen-bond donors (Lipinski definition) is 2. The van der Waals surface area contributed by atoms with Gasteiger partial charge in [-0.3, -0.25) is 9.11 Å². The molecular weight excluding hydrogens is 945 g/mol. The number of carbonyl (C=O) groups excluding carboxylic acids is 1. The van der Waals surface area contributed by atoms with Crippen LogP contribution in [0.3, 0.4) is 0 Å². The van der Waals surface area contributed by atoms with Crippen molar-refractivity contribution >= 4 is 63.8 Å². The van der Waals surface area contributed by atoms with E-state index in [4.69, 9.17) is 17.4 Å². The van der Waals surface area contributed by atoms with Crippen molar-refractivity contribution in [1.82, 2.24) is 0 Å². The number of para-hydroxylation sites is 1. The first kappa shape index (κ1) is 52.9. The highest BCUT2D eigenvalue weighted by Gasteiger charge is 2.44. The van der Waals surface area contributed by atoms with Crippen LogP contribution in [0, 0.1) is 0 Å². The molecule has 3 aromatic rings. The van der Waals surface area contributed by atoms with Crippen molar-refractivity contribution in [1.29, 1.82) is 0 Å². The van der Waals surface area contributed by atoms with Crippen molar-refractivity contribution in [2.45, 2.75) is 113 Å². The summed E-state index contributed by atoms with van der Waals surface area (Å²) in [6.07, 6.45) is 13.8. The maximum absolute atomic E-state index is 12.1. The summed E-state index contributed by atoms with van der Waals surface area (Å²) in [5.74, 6) is 0.709. The van der Waals surface area contributed by atoms with Gasteiger partial charge in [0.05, 0.1) is 21.0 Å². The Morgan fingerprint density at radius 3 is 2.09 bits per heavy atom. The predicted molar refractivity (Wildman–Crippen MR) is 252 cm³/mol. The quantitative estimate of drug-likeness (QED) is 0.0703. The lowest BCUT2D eigenvalue weighted by molar-refractivity contribution is -0.438. The Kier molecular flexibility index (Phi) is 16.9. The number of Topliss-reactive ketones (excluding diaryl/α,β-unsaturated/α-hetero) is 1. The van der Waals surface area contributed by atoms with Crippen LogP contribution in [0.5, 0.6) is 5.75 Å². The van der Waals surface area contributed by atoms with Crippen molar-refractivity contribution in [3.05, 3.63) is 125 Å². The van der Waals surface area contributed by atoms with Crippen LogP contribution in [0.2, 0.25) is 0 Å². The molecule has 0 saturated heterocycles. The molecule has 0 fully saturated rings. The van der Waals surface area contributed by atoms with Gasteiger partial charge < -0.3 is 19.0 Å². The molecule has 20 heteroatoms. The van der Waals surface area contributed by atoms with E-state index in [-0.39, 0.29) is 27.7 Å². The molecule has 0 amide bonds. The van der Waals surface area contributed by atoms with E-state index < -0.39 is 51.8 Å². The lowest BCUT2D eigenvalue weighted by Crippen LogP contribution is -2.28. The molecule has 67 heavy (non-hydrogen) atoms. The van der Waals surface area contributed by atoms with Gasteiger partial charge in [0.2, 0.25) is 5.69 Å². The molecule has 2 aliphatic heterocycles. The molecule has 2 N–H and O–H groups in total. The van der Waals surface area contributed by atoms with Gasteiger partial charge >= 0.3 is 10.6 Å². The summed E-state index contributed by atoms with van der Waals surface area (Å²) in [5.41, 5.74) is 6.06. The zero-order chi connectivity index (χ0) is 49.5. The van der Waals surface area contributed by atoms with E-state index in [0.29, 0.717) is 55.8 Å². The SMILES string of the molecule is CC(=O)CCCCCN1C(=CC=C2CCCC(C=CC3=[N+](CCCCS(=O)(=O)O)c4ccccc4C3(C)C)=C2Oc2ccc(S(=O)(=O)O)cc2)C(C)(C)c2cc(S(=O)(=O)[O-])ccc21.O=S(=O)=O. The van der Waals surface area contributed by atoms with E-state index >= 15 is 0 Å². The summed E-state index contributed by atoms with van der Waals surface area (Å²) in [4.78, 5) is 13.2. The van der Waals surface area contributed by atoms with E-state index in [1.54, 1.807) is 13.0 Å². The molecule has 0 spiro atoms. The van der Waals surface area contributed by atoms with Crippen LogP contribution in [-0.4, -0.2) is 86.5 Å². The van der Waals surface area contributed by atoms with Gasteiger partial charge in [-0.15, -0.1) is 12.6 Å². The molecule has 0 saturated carbocycles. The maximum atomic E-state index is 12.1. The van der Waals surface area contributed by atoms with Crippen LogP contribution in [0.15, 0.2) is 123 Å². The molecule has 2 heterocycles. The highest BCUT2D eigenvalue weighted by atomic mass is 32.2. The fraction of sp³-hybridized carbons (Fsp3) is 0.404. The predicted octanol–water partition coefficient (Wildman–Crippen LogP) is 7.71. The summed E-state index contributed by atoms with van der Waals surface area (Å²) in [7, 11) is -16.4. The maximum Gasteiger partial charge on any atom is 0.425 e. The van der Waals surface area contributed by atoms with Crippen LogP contribution in [0.1, 0.15) is 104 Å². The Morgan fingerprint density at radius 2 is 1.46 bits per heavy atom. The average molecular weight is 1000 g/mol. The molecule has 0 radical (unpaired) electrons. The fourth-order valence-corrected chi connectivity index (χ4v) is 10.4. The summed E-state index contributed by atoms with van der Waals surface area (Å²) >= 11 is 0. The lowest BCUT2D eigenvalue weighted by Gasteiger charge is -2.27. The van der Waals surface area contributed by atoms with Crippen LogP contribution in [0.25, 0.3) is 0 Å². The minimum atomic E-state index is -4.72. The molecule has 16 nitrogen and oxygen atoms in total. The van der Waals surface area contributed by atoms with Gasteiger partial charge in [-0.25, -0.2) is 8.42 Å². The zero-order valence-corrected chi connectivity index (χ0v) is 41.2. The molecule has 0 atom stereocenters. The number of anilines is 1. The van der Waals surface area contributed by atoms with Crippen molar-refractivity contribution < 1.29 is 65.6 Å². The third kappa shape index (κ3) is 13.5. The molecule has 0 aromatic heterocycles. The summed E-state index contributed by atoms with van der Waals surface area (Å²) in [5, 5.41) is 0. The summed E-state index contributed by atoms with van der Waals surface area (Å²) in [6.45, 7) is 10.9. The normalized spacial score (nSPS) is 18.0. The number of allylic oxidation sites excluding steroid dienone is 7. The molecule has 0 bridgehead atoms. The highest BCUT2D eigenvalue weighted by Crippen LogP contribution is 2.49. The molecular formula is C47H56N2O14S4. The number of benzene rings is 3. The van der Waals surface area contributed by atoms with Crippen LogP contribution < -0.4 is 9.64 Å². The molecule has 6 rings (SSSR count). The van der Waals surface area contributed by atoms with Crippen molar-refractivity contribution in [2.75, 3.05) is 23.7 Å². The van der Waals surface area contributed by atoms with E-state index in [9.17, 15) is 43.7 Å². The number of rotatable bonds is 18. The van der Waals surface area contributed by atoms with Crippen LogP contribution >= 0.6 is 0 Å². The Morgan fingerprint density at radius 1 is 0.806 bits per heavy atom. The van der Waals surface area contributed by atoms with E-state index in [0.717, 1.165) is 65.2 Å². The molecule has 0 unspecified atom stereocenters. The number of ether oxygens (including phenoxy) is 1. The van der Waals surface area contributed by atoms with Gasteiger partial charge in [0.25, 0.3) is 20.2 Å². The van der Waals surface area contributed by atoms with Crippen molar-refractivity contribution in [2.24, 2.45) is 0 Å². The Bertz CT molecular complexity index is 3000. The number of hydrogen-bond acceptors (Lipinski definition) is 13.